The van der Waals surface area contributed by atoms with Crippen molar-refractivity contribution in [3.63, 3.8) is 0 Å². The molecule has 0 spiro atoms. The van der Waals surface area contributed by atoms with Crippen molar-refractivity contribution in [1.29, 1.82) is 0 Å². The number of nitrogens with one attached hydrogen (secondary N) is 2. The quantitative estimate of drug-likeness (QED) is 0.715. The molecule has 2 N–H and O–H groups in total. The van der Waals surface area contributed by atoms with Crippen molar-refractivity contribution in [3.05, 3.63) is 0 Å². The molecule has 6 heteroatoms. The summed E-state index contributed by atoms with van der Waals surface area (Å²) < 4.78 is 4.95. The average molecular weight is 265 g/mol. The molecule has 1 atom stereocenters. The minimum Gasteiger partial charge on any atom is -0.463 e. The number of esters is 1. The second-order valence-corrected chi connectivity index (χ2v) is 4.23. The van der Waals surface area contributed by atoms with E-state index < -0.39 is 0 Å². The summed E-state index contributed by atoms with van der Waals surface area (Å²) in [6.07, 6.45) is 2.05. The van der Waals surface area contributed by atoms with E-state index in [4.69, 9.17) is 4.74 Å². The van der Waals surface area contributed by atoms with E-state index in [2.05, 4.69) is 10.6 Å². The highest BCUT2D eigenvalue weighted by molar-refractivity contribution is 5.85. The summed E-state index contributed by atoms with van der Waals surface area (Å²) in [6, 6.07) is -0.0823. The van der Waals surface area contributed by atoms with Gasteiger partial charge in [0, 0.05) is 6.54 Å². The van der Waals surface area contributed by atoms with E-state index in [1.165, 1.54) is 0 Å². The molecule has 1 aliphatic rings. The highest BCUT2D eigenvalue weighted by Crippen LogP contribution is 2.04. The van der Waals surface area contributed by atoms with E-state index in [1.807, 2.05) is 0 Å². The second-order valence-electron chi connectivity index (χ2n) is 4.23. The zero-order valence-electron chi connectivity index (χ0n) is 10.3. The first-order valence-electron chi connectivity index (χ1n) is 5.80. The predicted molar refractivity (Wildman–Crippen MR) is 67.1 cm³/mol. The van der Waals surface area contributed by atoms with Crippen LogP contribution < -0.4 is 10.6 Å². The minimum absolute atomic E-state index is 0. The maximum atomic E-state index is 11.5. The fourth-order valence-electron chi connectivity index (χ4n) is 1.64. The molecule has 0 bridgehead atoms. The number of amides is 1. The van der Waals surface area contributed by atoms with Crippen LogP contribution in [0, 0.1) is 0 Å². The van der Waals surface area contributed by atoms with Gasteiger partial charge in [-0.3, -0.25) is 9.59 Å². The fourth-order valence-corrected chi connectivity index (χ4v) is 1.64. The Morgan fingerprint density at radius 1 is 1.47 bits per heavy atom. The molecule has 5 nitrogen and oxygen atoms in total. The van der Waals surface area contributed by atoms with Crippen molar-refractivity contribution >= 4 is 24.3 Å². The van der Waals surface area contributed by atoms with Crippen molar-refractivity contribution in [2.75, 3.05) is 13.1 Å². The third-order valence-electron chi connectivity index (χ3n) is 2.37. The zero-order valence-corrected chi connectivity index (χ0v) is 11.1. The molecule has 0 radical (unpaired) electrons. The van der Waals surface area contributed by atoms with Crippen LogP contribution in [0.4, 0.5) is 0 Å². The summed E-state index contributed by atoms with van der Waals surface area (Å²) in [6.45, 7) is 4.86. The van der Waals surface area contributed by atoms with Gasteiger partial charge >= 0.3 is 5.97 Å². The lowest BCUT2D eigenvalue weighted by molar-refractivity contribution is -0.147. The van der Waals surface area contributed by atoms with Gasteiger partial charge in [0.1, 0.15) is 0 Å². The van der Waals surface area contributed by atoms with Gasteiger partial charge in [-0.15, -0.1) is 12.4 Å². The molecule has 1 heterocycles. The molecule has 100 valence electrons. The molecule has 1 aliphatic heterocycles. The van der Waals surface area contributed by atoms with Gasteiger partial charge in [0.15, 0.2) is 0 Å². The van der Waals surface area contributed by atoms with Gasteiger partial charge in [-0.05, 0) is 33.2 Å². The van der Waals surface area contributed by atoms with Gasteiger partial charge in [-0.2, -0.15) is 0 Å². The smallest absolute Gasteiger partial charge is 0.307 e. The molecule has 0 aromatic heterocycles. The third kappa shape index (κ3) is 6.48. The van der Waals surface area contributed by atoms with Crippen LogP contribution in [0.1, 0.15) is 33.1 Å². The number of halogens is 1. The van der Waals surface area contributed by atoms with Crippen LogP contribution in [0.5, 0.6) is 0 Å². The lowest BCUT2D eigenvalue weighted by atomic mass is 10.2. The first-order chi connectivity index (χ1) is 7.59. The number of rotatable bonds is 5. The molecule has 0 aromatic carbocycles. The summed E-state index contributed by atoms with van der Waals surface area (Å²) >= 11 is 0. The molecule has 17 heavy (non-hydrogen) atoms. The highest BCUT2D eigenvalue weighted by Gasteiger charge is 2.21. The third-order valence-corrected chi connectivity index (χ3v) is 2.37. The summed E-state index contributed by atoms with van der Waals surface area (Å²) in [5.74, 6) is -0.287. The summed E-state index contributed by atoms with van der Waals surface area (Å²) in [5, 5.41) is 5.82. The predicted octanol–water partition coefficient (Wildman–Crippen LogP) is 0.618. The van der Waals surface area contributed by atoms with E-state index in [9.17, 15) is 9.59 Å². The molecule has 0 aromatic rings. The molecule has 1 saturated heterocycles. The summed E-state index contributed by atoms with van der Waals surface area (Å²) in [4.78, 5) is 22.7. The summed E-state index contributed by atoms with van der Waals surface area (Å²) in [5.41, 5.74) is 0. The fraction of sp³-hybridized carbons (Fsp3) is 0.818. The van der Waals surface area contributed by atoms with E-state index >= 15 is 0 Å². The Labute approximate surface area is 108 Å². The zero-order chi connectivity index (χ0) is 12.0. The van der Waals surface area contributed by atoms with Crippen molar-refractivity contribution in [2.24, 2.45) is 0 Å². The molecule has 1 amide bonds. The van der Waals surface area contributed by atoms with E-state index in [0.717, 1.165) is 19.4 Å². The van der Waals surface area contributed by atoms with Crippen LogP contribution in [0.3, 0.4) is 0 Å². The van der Waals surface area contributed by atoms with Crippen molar-refractivity contribution in [3.8, 4) is 0 Å². The lowest BCUT2D eigenvalue weighted by Crippen LogP contribution is -2.41. The second kappa shape index (κ2) is 8.31. The van der Waals surface area contributed by atoms with Gasteiger partial charge in [0.05, 0.1) is 18.6 Å². The number of carbonyl (C=O) groups is 2. The minimum atomic E-state index is -0.269. The summed E-state index contributed by atoms with van der Waals surface area (Å²) in [7, 11) is 0. The van der Waals surface area contributed by atoms with Crippen LogP contribution in [-0.4, -0.2) is 37.1 Å². The normalized spacial score (nSPS) is 18.6. The number of carbonyl (C=O) groups excluding carboxylic acids is 2. The number of hydrogen-bond acceptors (Lipinski definition) is 4. The molecular formula is C11H21ClN2O3. The molecule has 1 fully saturated rings. The largest absolute Gasteiger partial charge is 0.463 e. The standard InChI is InChI=1S/C11H20N2O3.ClH/c1-8(2)16-10(14)5-7-13-11(15)9-4-3-6-12-9;/h8-9,12H,3-7H2,1-2H3,(H,13,15);1H. The Morgan fingerprint density at radius 2 is 2.18 bits per heavy atom. The highest BCUT2D eigenvalue weighted by atomic mass is 35.5. The van der Waals surface area contributed by atoms with Crippen molar-refractivity contribution in [2.45, 2.75) is 45.3 Å². The average Bonchev–Trinajstić information content (AvgIpc) is 2.68. The molecule has 1 rings (SSSR count). The van der Waals surface area contributed by atoms with E-state index in [1.54, 1.807) is 13.8 Å². The van der Waals surface area contributed by atoms with Gasteiger partial charge in [-0.25, -0.2) is 0 Å². The number of ether oxygens (including phenoxy) is 1. The Bertz CT molecular complexity index is 253. The topological polar surface area (TPSA) is 67.4 Å². The van der Waals surface area contributed by atoms with Crippen LogP contribution in [-0.2, 0) is 14.3 Å². The van der Waals surface area contributed by atoms with Gasteiger partial charge in [0.25, 0.3) is 0 Å². The molecule has 1 unspecified atom stereocenters. The Morgan fingerprint density at radius 3 is 2.71 bits per heavy atom. The number of hydrogen-bond donors (Lipinski definition) is 2. The Hall–Kier alpha value is -0.810. The lowest BCUT2D eigenvalue weighted by Gasteiger charge is -2.11. The van der Waals surface area contributed by atoms with Gasteiger partial charge in [0.2, 0.25) is 5.91 Å². The van der Waals surface area contributed by atoms with Crippen molar-refractivity contribution in [1.82, 2.24) is 10.6 Å². The maximum absolute atomic E-state index is 11.5. The molecule has 0 saturated carbocycles. The monoisotopic (exact) mass is 264 g/mol. The van der Waals surface area contributed by atoms with E-state index in [-0.39, 0.29) is 42.9 Å². The van der Waals surface area contributed by atoms with Crippen molar-refractivity contribution < 1.29 is 14.3 Å². The first kappa shape index (κ1) is 16.2. The maximum Gasteiger partial charge on any atom is 0.307 e. The first-order valence-corrected chi connectivity index (χ1v) is 5.80. The van der Waals surface area contributed by atoms with E-state index in [0.29, 0.717) is 6.54 Å². The Kier molecular flexibility index (Phi) is 7.91. The molecule has 0 aliphatic carbocycles. The van der Waals surface area contributed by atoms with Crippen LogP contribution in [0.2, 0.25) is 0 Å². The Balaban J connectivity index is 0.00000256. The van der Waals surface area contributed by atoms with Crippen LogP contribution in [0.15, 0.2) is 0 Å². The molecular weight excluding hydrogens is 244 g/mol. The van der Waals surface area contributed by atoms with Crippen LogP contribution >= 0.6 is 12.4 Å². The van der Waals surface area contributed by atoms with Crippen LogP contribution in [0.25, 0.3) is 0 Å². The SMILES string of the molecule is CC(C)OC(=O)CCNC(=O)C1CCCN1.Cl. The van der Waals surface area contributed by atoms with Gasteiger partial charge < -0.3 is 15.4 Å². The van der Waals surface area contributed by atoms with Gasteiger partial charge in [-0.1, -0.05) is 0 Å².